The molecule has 6 nitrogen and oxygen atoms in total. The zero-order valence-electron chi connectivity index (χ0n) is 13.3. The summed E-state index contributed by atoms with van der Waals surface area (Å²) in [5.74, 6) is 1.83. The molecule has 3 rings (SSSR count). The molecule has 2 aromatic carbocycles. The van der Waals surface area contributed by atoms with Gasteiger partial charge in [-0.15, -0.1) is 0 Å². The van der Waals surface area contributed by atoms with Crippen molar-refractivity contribution in [1.82, 2.24) is 10.1 Å². The molecular weight excluding hydrogens is 328 g/mol. The van der Waals surface area contributed by atoms with E-state index in [0.717, 1.165) is 5.56 Å². The average molecular weight is 344 g/mol. The summed E-state index contributed by atoms with van der Waals surface area (Å²) in [5.41, 5.74) is 0.841. The fraction of sp³-hybridized carbons (Fsp3) is 0.176. The Morgan fingerprint density at radius 3 is 2.29 bits per heavy atom. The van der Waals surface area contributed by atoms with Crippen LogP contribution in [-0.4, -0.2) is 28.6 Å². The summed E-state index contributed by atoms with van der Waals surface area (Å²) in [7, 11) is 1.60. The third kappa shape index (κ3) is 3.30. The first-order valence-electron chi connectivity index (χ1n) is 7.20. The Morgan fingerprint density at radius 2 is 1.67 bits per heavy atom. The molecule has 1 atom stereocenters. The van der Waals surface area contributed by atoms with E-state index < -0.39 is 10.8 Å². The highest BCUT2D eigenvalue weighted by Gasteiger charge is 2.20. The van der Waals surface area contributed by atoms with Crippen molar-refractivity contribution in [3.63, 3.8) is 0 Å². The highest BCUT2D eigenvalue weighted by molar-refractivity contribution is 7.84. The highest BCUT2D eigenvalue weighted by Crippen LogP contribution is 2.32. The van der Waals surface area contributed by atoms with Crippen LogP contribution in [0.15, 0.2) is 57.9 Å². The first-order valence-corrected chi connectivity index (χ1v) is 8.52. The lowest BCUT2D eigenvalue weighted by molar-refractivity contribution is 0.374. The van der Waals surface area contributed by atoms with E-state index in [0.29, 0.717) is 28.1 Å². The molecule has 0 saturated heterocycles. The second-order valence-corrected chi connectivity index (χ2v) is 6.25. The van der Waals surface area contributed by atoms with Gasteiger partial charge in [0.05, 0.1) is 25.0 Å². The van der Waals surface area contributed by atoms with Crippen molar-refractivity contribution in [2.45, 2.75) is 10.6 Å². The number of benzene rings is 2. The predicted molar refractivity (Wildman–Crippen MR) is 89.4 cm³/mol. The molecule has 0 fully saturated rings. The molecular formula is C17H16N2O4S. The summed E-state index contributed by atoms with van der Waals surface area (Å²) in [6.07, 6.45) is 0. The smallest absolute Gasteiger partial charge is 0.239 e. The van der Waals surface area contributed by atoms with Crippen LogP contribution in [0.3, 0.4) is 0 Å². The summed E-state index contributed by atoms with van der Waals surface area (Å²) < 4.78 is 28.5. The van der Waals surface area contributed by atoms with Crippen molar-refractivity contribution in [2.24, 2.45) is 0 Å². The second-order valence-electron chi connectivity index (χ2n) is 4.86. The van der Waals surface area contributed by atoms with Crippen LogP contribution in [0.2, 0.25) is 0 Å². The van der Waals surface area contributed by atoms with Crippen LogP contribution in [0.25, 0.3) is 11.4 Å². The maximum absolute atomic E-state index is 12.7. The number of hydrogen-bond acceptors (Lipinski definition) is 6. The summed E-state index contributed by atoms with van der Waals surface area (Å²) in [4.78, 5) is 4.78. The lowest BCUT2D eigenvalue weighted by atomic mass is 10.2. The molecule has 24 heavy (non-hydrogen) atoms. The van der Waals surface area contributed by atoms with E-state index in [1.807, 2.05) is 30.3 Å². The summed E-state index contributed by atoms with van der Waals surface area (Å²) in [5, 5.41) is 3.94. The Labute approximate surface area is 141 Å². The summed E-state index contributed by atoms with van der Waals surface area (Å²) in [6, 6.07) is 14.7. The van der Waals surface area contributed by atoms with E-state index in [4.69, 9.17) is 14.0 Å². The van der Waals surface area contributed by atoms with Crippen LogP contribution in [0.4, 0.5) is 0 Å². The Kier molecular flexibility index (Phi) is 4.90. The number of nitrogens with zero attached hydrogens (tertiary/aromatic N) is 2. The van der Waals surface area contributed by atoms with E-state index in [9.17, 15) is 4.21 Å². The third-order valence-corrected chi connectivity index (χ3v) is 4.73. The Hall–Kier alpha value is -2.67. The van der Waals surface area contributed by atoms with Crippen LogP contribution in [0, 0.1) is 0 Å². The molecule has 0 unspecified atom stereocenters. The fourth-order valence-electron chi connectivity index (χ4n) is 2.24. The van der Waals surface area contributed by atoms with Gasteiger partial charge < -0.3 is 14.0 Å². The topological polar surface area (TPSA) is 74.5 Å². The molecule has 3 aromatic rings. The number of ether oxygens (including phenoxy) is 2. The molecule has 0 radical (unpaired) electrons. The maximum atomic E-state index is 12.7. The van der Waals surface area contributed by atoms with Crippen LogP contribution in [0.1, 0.15) is 5.89 Å². The van der Waals surface area contributed by atoms with Crippen molar-refractivity contribution in [3.8, 4) is 22.9 Å². The van der Waals surface area contributed by atoms with Gasteiger partial charge in [-0.1, -0.05) is 41.6 Å². The Morgan fingerprint density at radius 1 is 1.00 bits per heavy atom. The van der Waals surface area contributed by atoms with E-state index in [-0.39, 0.29) is 5.75 Å². The van der Waals surface area contributed by atoms with Gasteiger partial charge in [0.25, 0.3) is 0 Å². The Balaban J connectivity index is 1.85. The highest BCUT2D eigenvalue weighted by atomic mass is 32.2. The minimum Gasteiger partial charge on any atom is -0.495 e. The standard InChI is InChI=1S/C17H16N2O4S/c1-21-13-9-6-10-14(22-2)16(13)24(20)11-15-18-17(19-23-15)12-7-4-3-5-8-12/h3-10H,11H2,1-2H3/t24-/m1/s1. The van der Waals surface area contributed by atoms with E-state index in [2.05, 4.69) is 10.1 Å². The zero-order chi connectivity index (χ0) is 16.9. The van der Waals surface area contributed by atoms with Crippen molar-refractivity contribution < 1.29 is 18.2 Å². The lowest BCUT2D eigenvalue weighted by Crippen LogP contribution is -2.02. The zero-order valence-corrected chi connectivity index (χ0v) is 14.1. The van der Waals surface area contributed by atoms with E-state index in [1.54, 1.807) is 18.2 Å². The van der Waals surface area contributed by atoms with Gasteiger partial charge in [0.2, 0.25) is 11.7 Å². The molecule has 1 heterocycles. The monoisotopic (exact) mass is 344 g/mol. The number of hydrogen-bond donors (Lipinski definition) is 0. The quantitative estimate of drug-likeness (QED) is 0.684. The van der Waals surface area contributed by atoms with Gasteiger partial charge in [0.15, 0.2) is 0 Å². The lowest BCUT2D eigenvalue weighted by Gasteiger charge is -2.11. The molecule has 0 saturated carbocycles. The first-order chi connectivity index (χ1) is 11.7. The van der Waals surface area contributed by atoms with E-state index in [1.165, 1.54) is 14.2 Å². The molecule has 0 amide bonds. The largest absolute Gasteiger partial charge is 0.495 e. The molecule has 124 valence electrons. The Bertz CT molecular complexity index is 827. The van der Waals surface area contributed by atoms with Crippen molar-refractivity contribution in [1.29, 1.82) is 0 Å². The second kappa shape index (κ2) is 7.27. The van der Waals surface area contributed by atoms with Crippen LogP contribution in [0.5, 0.6) is 11.5 Å². The molecule has 0 N–H and O–H groups in total. The van der Waals surface area contributed by atoms with Gasteiger partial charge in [0.1, 0.15) is 22.1 Å². The normalized spacial score (nSPS) is 11.9. The van der Waals surface area contributed by atoms with Crippen LogP contribution >= 0.6 is 0 Å². The van der Waals surface area contributed by atoms with E-state index >= 15 is 0 Å². The molecule has 0 aliphatic rings. The number of methoxy groups -OCH3 is 2. The summed E-state index contributed by atoms with van der Waals surface area (Å²) in [6.45, 7) is 0. The minimum absolute atomic E-state index is 0.0799. The van der Waals surface area contributed by atoms with Crippen molar-refractivity contribution in [2.75, 3.05) is 14.2 Å². The SMILES string of the molecule is COc1cccc(OC)c1[S@](=O)Cc1nc(-c2ccccc2)no1. The van der Waals surface area contributed by atoms with Crippen LogP contribution < -0.4 is 9.47 Å². The van der Waals surface area contributed by atoms with Crippen molar-refractivity contribution in [3.05, 3.63) is 54.4 Å². The molecule has 0 aliphatic heterocycles. The van der Waals surface area contributed by atoms with Gasteiger partial charge in [-0.05, 0) is 12.1 Å². The van der Waals surface area contributed by atoms with Gasteiger partial charge in [-0.3, -0.25) is 4.21 Å². The van der Waals surface area contributed by atoms with Crippen LogP contribution in [-0.2, 0) is 16.6 Å². The fourth-order valence-corrected chi connectivity index (χ4v) is 3.48. The van der Waals surface area contributed by atoms with Gasteiger partial charge in [0, 0.05) is 5.56 Å². The maximum Gasteiger partial charge on any atom is 0.239 e. The summed E-state index contributed by atoms with van der Waals surface area (Å²) >= 11 is 0. The predicted octanol–water partition coefficient (Wildman–Crippen LogP) is 3.06. The number of aromatic nitrogens is 2. The first kappa shape index (κ1) is 16.2. The minimum atomic E-state index is -1.45. The molecule has 0 bridgehead atoms. The molecule has 0 spiro atoms. The average Bonchev–Trinajstić information content (AvgIpc) is 3.10. The van der Waals surface area contributed by atoms with Crippen molar-refractivity contribution >= 4 is 10.8 Å². The third-order valence-electron chi connectivity index (χ3n) is 3.36. The van der Waals surface area contributed by atoms with Gasteiger partial charge in [-0.25, -0.2) is 0 Å². The molecule has 0 aliphatic carbocycles. The molecule has 1 aromatic heterocycles. The van der Waals surface area contributed by atoms with Gasteiger partial charge >= 0.3 is 0 Å². The van der Waals surface area contributed by atoms with Gasteiger partial charge in [-0.2, -0.15) is 4.98 Å². The number of rotatable bonds is 6. The molecule has 7 heteroatoms.